The van der Waals surface area contributed by atoms with E-state index in [1.807, 2.05) is 13.8 Å². The summed E-state index contributed by atoms with van der Waals surface area (Å²) in [5.74, 6) is -0.698. The number of alkyl halides is 3. The van der Waals surface area contributed by atoms with Crippen LogP contribution >= 0.6 is 11.8 Å². The lowest BCUT2D eigenvalue weighted by Crippen LogP contribution is -2.31. The first-order valence-corrected chi connectivity index (χ1v) is 12.3. The van der Waals surface area contributed by atoms with Crippen molar-refractivity contribution in [1.82, 2.24) is 0 Å². The van der Waals surface area contributed by atoms with Crippen LogP contribution in [0.15, 0.2) is 53.4 Å². The van der Waals surface area contributed by atoms with Gasteiger partial charge in [0.2, 0.25) is 5.91 Å². The Morgan fingerprint density at radius 1 is 1.16 bits per heavy atom. The van der Waals surface area contributed by atoms with Crippen LogP contribution in [0.3, 0.4) is 0 Å². The van der Waals surface area contributed by atoms with Gasteiger partial charge in [0.1, 0.15) is 5.75 Å². The number of carbonyl (C=O) groups excluding carboxylic acids is 1. The van der Waals surface area contributed by atoms with Crippen molar-refractivity contribution in [3.63, 3.8) is 0 Å². The zero-order chi connectivity index (χ0) is 23.9. The fraction of sp³-hybridized carbons (Fsp3) is 0.381. The Morgan fingerprint density at radius 3 is 2.38 bits per heavy atom. The molecule has 0 spiro atoms. The quantitative estimate of drug-likeness (QED) is 0.512. The molecule has 0 aliphatic rings. The molecular weight excluding hydrogens is 465 g/mol. The van der Waals surface area contributed by atoms with Crippen LogP contribution in [0.4, 0.5) is 24.5 Å². The minimum atomic E-state index is -4.59. The van der Waals surface area contributed by atoms with E-state index in [-0.39, 0.29) is 33.9 Å². The Hall–Kier alpha value is -2.40. The summed E-state index contributed by atoms with van der Waals surface area (Å²) in [6.07, 6.45) is -4.59. The lowest BCUT2D eigenvalue weighted by Gasteiger charge is -2.23. The molecule has 2 aromatic carbocycles. The Balaban J connectivity index is 2.41. The molecule has 2 rings (SSSR count). The number of hydrogen-bond donors (Lipinski definition) is 1. The second-order valence-electron chi connectivity index (χ2n) is 6.98. The van der Waals surface area contributed by atoms with Crippen LogP contribution in [0.1, 0.15) is 20.8 Å². The molecule has 32 heavy (non-hydrogen) atoms. The lowest BCUT2D eigenvalue weighted by atomic mass is 10.3. The van der Waals surface area contributed by atoms with E-state index in [4.69, 9.17) is 4.74 Å². The third-order valence-corrected chi connectivity index (χ3v) is 7.08. The van der Waals surface area contributed by atoms with Crippen molar-refractivity contribution in [2.45, 2.75) is 37.1 Å². The van der Waals surface area contributed by atoms with E-state index in [1.54, 1.807) is 37.3 Å². The van der Waals surface area contributed by atoms with Gasteiger partial charge in [-0.05, 0) is 42.5 Å². The monoisotopic (exact) mass is 490 g/mol. The van der Waals surface area contributed by atoms with Crippen molar-refractivity contribution in [2.24, 2.45) is 0 Å². The number of anilines is 2. The van der Waals surface area contributed by atoms with Crippen LogP contribution in [-0.4, -0.2) is 44.7 Å². The van der Waals surface area contributed by atoms with Gasteiger partial charge in [0, 0.05) is 6.54 Å². The van der Waals surface area contributed by atoms with Gasteiger partial charge >= 0.3 is 6.18 Å². The summed E-state index contributed by atoms with van der Waals surface area (Å²) < 4.78 is 70.3. The molecule has 0 heterocycles. The van der Waals surface area contributed by atoms with Gasteiger partial charge in [0.05, 0.1) is 22.0 Å². The van der Waals surface area contributed by atoms with Crippen molar-refractivity contribution in [3.05, 3.63) is 48.5 Å². The van der Waals surface area contributed by atoms with Gasteiger partial charge in [0.25, 0.3) is 10.0 Å². The molecule has 0 saturated carbocycles. The number of amides is 1. The van der Waals surface area contributed by atoms with Gasteiger partial charge in [-0.1, -0.05) is 32.0 Å². The summed E-state index contributed by atoms with van der Waals surface area (Å²) in [5, 5.41) is 2.64. The molecular formula is C21H25F3N2O4S2. The number of nitrogens with zero attached hydrogens (tertiary/aromatic N) is 1. The Morgan fingerprint density at radius 2 is 1.81 bits per heavy atom. The van der Waals surface area contributed by atoms with Gasteiger partial charge in [-0.3, -0.25) is 9.10 Å². The number of carbonyl (C=O) groups is 1. The maximum absolute atomic E-state index is 13.2. The smallest absolute Gasteiger partial charge is 0.422 e. The predicted octanol–water partition coefficient (Wildman–Crippen LogP) is 4.92. The van der Waals surface area contributed by atoms with Crippen molar-refractivity contribution >= 4 is 39.1 Å². The zero-order valence-corrected chi connectivity index (χ0v) is 19.5. The highest BCUT2D eigenvalue weighted by Crippen LogP contribution is 2.32. The number of hydrogen-bond acceptors (Lipinski definition) is 5. The van der Waals surface area contributed by atoms with Crippen molar-refractivity contribution in [3.8, 4) is 5.75 Å². The van der Waals surface area contributed by atoms with Gasteiger partial charge in [-0.2, -0.15) is 13.2 Å². The standard InChI is InChI=1S/C21H25F3N2O4S2/c1-4-26(16-8-6-5-7-9-16)32(28,29)17-10-11-19(30-14-21(22,23)24)18(12-17)25-20(27)13-31-15(2)3/h5-12,15H,4,13-14H2,1-3H3,(H,25,27). The molecule has 0 aliphatic carbocycles. The van der Waals surface area contributed by atoms with Crippen LogP contribution in [0, 0.1) is 0 Å². The summed E-state index contributed by atoms with van der Waals surface area (Å²) in [4.78, 5) is 12.1. The first-order valence-electron chi connectivity index (χ1n) is 9.77. The van der Waals surface area contributed by atoms with E-state index in [2.05, 4.69) is 5.32 Å². The third-order valence-electron chi connectivity index (χ3n) is 4.08. The molecule has 11 heteroatoms. The van der Waals surface area contributed by atoms with Crippen LogP contribution in [0.25, 0.3) is 0 Å². The normalized spacial score (nSPS) is 12.0. The highest BCUT2D eigenvalue weighted by Gasteiger charge is 2.30. The van der Waals surface area contributed by atoms with Gasteiger partial charge < -0.3 is 10.1 Å². The summed E-state index contributed by atoms with van der Waals surface area (Å²) in [6, 6.07) is 11.8. The molecule has 0 aliphatic heterocycles. The number of sulfonamides is 1. The first-order chi connectivity index (χ1) is 14.9. The maximum Gasteiger partial charge on any atom is 0.422 e. The summed E-state index contributed by atoms with van der Waals surface area (Å²) in [7, 11) is -4.05. The van der Waals surface area contributed by atoms with Crippen molar-refractivity contribution in [1.29, 1.82) is 0 Å². The van der Waals surface area contributed by atoms with E-state index in [9.17, 15) is 26.4 Å². The number of rotatable bonds is 10. The minimum absolute atomic E-state index is 0.0540. The minimum Gasteiger partial charge on any atom is -0.482 e. The fourth-order valence-electron chi connectivity index (χ4n) is 2.69. The average Bonchev–Trinajstić information content (AvgIpc) is 2.71. The van der Waals surface area contributed by atoms with Crippen LogP contribution < -0.4 is 14.4 Å². The Bertz CT molecular complexity index is 1010. The van der Waals surface area contributed by atoms with Crippen LogP contribution in [0.2, 0.25) is 0 Å². The molecule has 0 radical (unpaired) electrons. The third kappa shape index (κ3) is 7.33. The van der Waals surface area contributed by atoms with Gasteiger partial charge in [-0.15, -0.1) is 11.8 Å². The van der Waals surface area contributed by atoms with Gasteiger partial charge in [-0.25, -0.2) is 8.42 Å². The highest BCUT2D eigenvalue weighted by atomic mass is 32.2. The molecule has 0 bridgehead atoms. The molecule has 6 nitrogen and oxygen atoms in total. The second kappa shape index (κ2) is 11.0. The molecule has 0 fully saturated rings. The molecule has 176 valence electrons. The molecule has 2 aromatic rings. The lowest BCUT2D eigenvalue weighted by molar-refractivity contribution is -0.153. The molecule has 0 aromatic heterocycles. The first kappa shape index (κ1) is 25.9. The van der Waals surface area contributed by atoms with E-state index in [0.717, 1.165) is 18.2 Å². The molecule has 1 amide bonds. The number of para-hydroxylation sites is 1. The number of nitrogens with one attached hydrogen (secondary N) is 1. The van der Waals surface area contributed by atoms with Crippen LogP contribution in [0.5, 0.6) is 5.75 Å². The number of ether oxygens (including phenoxy) is 1. The largest absolute Gasteiger partial charge is 0.482 e. The van der Waals surface area contributed by atoms with E-state index >= 15 is 0 Å². The summed E-state index contributed by atoms with van der Waals surface area (Å²) in [5.41, 5.74) is 0.292. The van der Waals surface area contributed by atoms with E-state index in [1.165, 1.54) is 16.1 Å². The Kier molecular flexibility index (Phi) is 8.85. The molecule has 0 unspecified atom stereocenters. The maximum atomic E-state index is 13.2. The highest BCUT2D eigenvalue weighted by molar-refractivity contribution is 8.00. The SMILES string of the molecule is CCN(c1ccccc1)S(=O)(=O)c1ccc(OCC(F)(F)F)c(NC(=O)CSC(C)C)c1. The zero-order valence-electron chi connectivity index (χ0n) is 17.8. The summed E-state index contributed by atoms with van der Waals surface area (Å²) >= 11 is 1.34. The van der Waals surface area contributed by atoms with Gasteiger partial charge in [0.15, 0.2) is 6.61 Å². The number of benzene rings is 2. The molecule has 1 N–H and O–H groups in total. The van der Waals surface area contributed by atoms with E-state index in [0.29, 0.717) is 5.69 Å². The second-order valence-corrected chi connectivity index (χ2v) is 10.4. The molecule has 0 atom stereocenters. The van der Waals surface area contributed by atoms with Crippen molar-refractivity contribution < 1.29 is 31.1 Å². The fourth-order valence-corrected chi connectivity index (χ4v) is 4.75. The Labute approximate surface area is 190 Å². The summed E-state index contributed by atoms with van der Waals surface area (Å²) in [6.45, 7) is 4.01. The average molecular weight is 491 g/mol. The van der Waals surface area contributed by atoms with E-state index < -0.39 is 28.7 Å². The van der Waals surface area contributed by atoms with Crippen molar-refractivity contribution in [2.75, 3.05) is 28.5 Å². The number of thioether (sulfide) groups is 1. The number of halogens is 3. The predicted molar refractivity (Wildman–Crippen MR) is 121 cm³/mol. The molecule has 0 saturated heterocycles. The topological polar surface area (TPSA) is 75.7 Å². The van der Waals surface area contributed by atoms with Crippen LogP contribution in [-0.2, 0) is 14.8 Å².